The molecule has 3 nitrogen and oxygen atoms in total. The lowest BCUT2D eigenvalue weighted by molar-refractivity contribution is 0.402. The van der Waals surface area contributed by atoms with E-state index in [1.165, 1.54) is 6.08 Å². The lowest BCUT2D eigenvalue weighted by Crippen LogP contribution is -2.08. The minimum Gasteiger partial charge on any atom is -0.459 e. The number of hydrazine groups is 1. The molecule has 0 radical (unpaired) electrons. The van der Waals surface area contributed by atoms with E-state index in [1.807, 2.05) is 6.92 Å². The van der Waals surface area contributed by atoms with Crippen molar-refractivity contribution in [1.82, 2.24) is 0 Å². The van der Waals surface area contributed by atoms with Crippen LogP contribution in [0.3, 0.4) is 0 Å². The number of allylic oxidation sites excluding steroid dienone is 4. The van der Waals surface area contributed by atoms with Crippen LogP contribution in [0.4, 0.5) is 10.1 Å². The maximum atomic E-state index is 13.4. The zero-order chi connectivity index (χ0) is 12.8. The highest BCUT2D eigenvalue weighted by molar-refractivity contribution is 5.52. The third kappa shape index (κ3) is 3.60. The number of ether oxygens (including phenoxy) is 1. The summed E-state index contributed by atoms with van der Waals surface area (Å²) in [4.78, 5) is 0. The Balaban J connectivity index is 2.89. The van der Waals surface area contributed by atoms with Gasteiger partial charge in [-0.05, 0) is 50.6 Å². The first-order valence-corrected chi connectivity index (χ1v) is 5.32. The topological polar surface area (TPSA) is 47.3 Å². The molecule has 0 fully saturated rings. The molecule has 17 heavy (non-hydrogen) atoms. The second kappa shape index (κ2) is 6.06. The summed E-state index contributed by atoms with van der Waals surface area (Å²) in [7, 11) is 0. The third-order valence-electron chi connectivity index (χ3n) is 2.27. The lowest BCUT2D eigenvalue weighted by atomic mass is 10.2. The van der Waals surface area contributed by atoms with Crippen LogP contribution in [0.5, 0.6) is 5.75 Å². The molecule has 92 valence electrons. The fraction of sp³-hybridized carbons (Fsp3) is 0.231. The van der Waals surface area contributed by atoms with Crippen LogP contribution in [0.15, 0.2) is 41.9 Å². The molecule has 0 bridgehead atoms. The molecular weight excluding hydrogens is 219 g/mol. The normalized spacial score (nSPS) is 12.5. The van der Waals surface area contributed by atoms with Gasteiger partial charge in [-0.3, -0.25) is 5.84 Å². The van der Waals surface area contributed by atoms with Crippen molar-refractivity contribution in [2.24, 2.45) is 5.84 Å². The summed E-state index contributed by atoms with van der Waals surface area (Å²) in [5.41, 5.74) is 4.31. The molecule has 0 saturated heterocycles. The van der Waals surface area contributed by atoms with E-state index >= 15 is 0 Å². The van der Waals surface area contributed by atoms with Crippen molar-refractivity contribution in [2.45, 2.75) is 20.8 Å². The average molecular weight is 236 g/mol. The molecule has 1 aromatic carbocycles. The summed E-state index contributed by atoms with van der Waals surface area (Å²) in [5, 5.41) is 0. The summed E-state index contributed by atoms with van der Waals surface area (Å²) in [6.45, 7) is 5.22. The Morgan fingerprint density at radius 2 is 2.18 bits per heavy atom. The fourth-order valence-corrected chi connectivity index (χ4v) is 1.35. The van der Waals surface area contributed by atoms with Gasteiger partial charge in [0, 0.05) is 0 Å². The number of hydrogen-bond acceptors (Lipinski definition) is 3. The fourth-order valence-electron chi connectivity index (χ4n) is 1.35. The van der Waals surface area contributed by atoms with Crippen molar-refractivity contribution in [3.05, 3.63) is 47.5 Å². The summed E-state index contributed by atoms with van der Waals surface area (Å²) in [5.74, 6) is 5.75. The highest BCUT2D eigenvalue weighted by Gasteiger charge is 2.03. The number of hydrogen-bond donors (Lipinski definition) is 2. The largest absolute Gasteiger partial charge is 0.459 e. The molecule has 3 N–H and O–H groups in total. The van der Waals surface area contributed by atoms with Crippen LogP contribution in [0.1, 0.15) is 19.4 Å². The Bertz CT molecular complexity index is 453. The second-order valence-corrected chi connectivity index (χ2v) is 3.63. The minimum absolute atomic E-state index is 0.232. The Morgan fingerprint density at radius 3 is 2.71 bits per heavy atom. The Kier molecular flexibility index (Phi) is 4.72. The first-order chi connectivity index (χ1) is 8.08. The molecule has 0 aliphatic heterocycles. The van der Waals surface area contributed by atoms with E-state index in [0.29, 0.717) is 5.75 Å². The SMILES string of the molecule is C/C=C\C(F)=C(/C)Oc1ccc(NN)c(C)c1. The summed E-state index contributed by atoms with van der Waals surface area (Å²) in [6, 6.07) is 5.31. The van der Waals surface area contributed by atoms with Gasteiger partial charge in [0.15, 0.2) is 5.83 Å². The molecule has 0 heterocycles. The van der Waals surface area contributed by atoms with Crippen molar-refractivity contribution >= 4 is 5.69 Å². The van der Waals surface area contributed by atoms with Gasteiger partial charge in [-0.1, -0.05) is 6.08 Å². The van der Waals surface area contributed by atoms with Crippen molar-refractivity contribution in [3.8, 4) is 5.75 Å². The van der Waals surface area contributed by atoms with Gasteiger partial charge < -0.3 is 10.2 Å². The van der Waals surface area contributed by atoms with E-state index in [4.69, 9.17) is 10.6 Å². The number of benzene rings is 1. The molecule has 0 atom stereocenters. The predicted octanol–water partition coefficient (Wildman–Crippen LogP) is 3.44. The Labute approximate surface area is 101 Å². The smallest absolute Gasteiger partial charge is 0.160 e. The number of nitrogens with two attached hydrogens (primary N) is 1. The molecule has 1 aromatic rings. The van der Waals surface area contributed by atoms with Gasteiger partial charge in [0.05, 0.1) is 5.69 Å². The molecule has 0 aliphatic carbocycles. The van der Waals surface area contributed by atoms with Crippen LogP contribution >= 0.6 is 0 Å². The molecule has 1 rings (SSSR count). The Morgan fingerprint density at radius 1 is 1.47 bits per heavy atom. The maximum absolute atomic E-state index is 13.4. The molecule has 4 heteroatoms. The standard InChI is InChI=1S/C13H17FN2O/c1-4-5-12(14)10(3)17-11-6-7-13(16-15)9(2)8-11/h4-8,16H,15H2,1-3H3/b5-4-,12-10-. The van der Waals surface area contributed by atoms with E-state index in [2.05, 4.69) is 5.43 Å². The van der Waals surface area contributed by atoms with E-state index in [-0.39, 0.29) is 11.6 Å². The first kappa shape index (κ1) is 13.3. The summed E-state index contributed by atoms with van der Waals surface area (Å²) < 4.78 is 18.8. The van der Waals surface area contributed by atoms with Gasteiger partial charge >= 0.3 is 0 Å². The summed E-state index contributed by atoms with van der Waals surface area (Å²) in [6.07, 6.45) is 2.98. The van der Waals surface area contributed by atoms with Gasteiger partial charge in [-0.15, -0.1) is 0 Å². The number of rotatable bonds is 4. The zero-order valence-corrected chi connectivity index (χ0v) is 10.3. The van der Waals surface area contributed by atoms with Crippen LogP contribution in [-0.4, -0.2) is 0 Å². The molecule has 0 saturated carbocycles. The van der Waals surface area contributed by atoms with Crippen molar-refractivity contribution < 1.29 is 9.13 Å². The minimum atomic E-state index is -0.383. The molecule has 0 aliphatic rings. The number of anilines is 1. The highest BCUT2D eigenvalue weighted by atomic mass is 19.1. The zero-order valence-electron chi connectivity index (χ0n) is 10.3. The van der Waals surface area contributed by atoms with Gasteiger partial charge in [0.25, 0.3) is 0 Å². The van der Waals surface area contributed by atoms with Crippen LogP contribution < -0.4 is 16.0 Å². The quantitative estimate of drug-likeness (QED) is 0.364. The predicted molar refractivity (Wildman–Crippen MR) is 68.2 cm³/mol. The first-order valence-electron chi connectivity index (χ1n) is 5.32. The molecule has 0 unspecified atom stereocenters. The third-order valence-corrected chi connectivity index (χ3v) is 2.27. The lowest BCUT2D eigenvalue weighted by Gasteiger charge is -2.09. The van der Waals surface area contributed by atoms with E-state index in [1.54, 1.807) is 38.1 Å². The summed E-state index contributed by atoms with van der Waals surface area (Å²) >= 11 is 0. The maximum Gasteiger partial charge on any atom is 0.160 e. The highest BCUT2D eigenvalue weighted by Crippen LogP contribution is 2.23. The number of nitrogen functional groups attached to an aromatic ring is 1. The number of halogens is 1. The van der Waals surface area contributed by atoms with Crippen LogP contribution in [0.2, 0.25) is 0 Å². The molecule has 0 aromatic heterocycles. The van der Waals surface area contributed by atoms with Gasteiger partial charge in [0.2, 0.25) is 0 Å². The van der Waals surface area contributed by atoms with E-state index in [9.17, 15) is 4.39 Å². The van der Waals surface area contributed by atoms with Gasteiger partial charge in [-0.25, -0.2) is 4.39 Å². The molecule has 0 amide bonds. The van der Waals surface area contributed by atoms with Gasteiger partial charge in [0.1, 0.15) is 11.5 Å². The van der Waals surface area contributed by atoms with Crippen molar-refractivity contribution in [3.63, 3.8) is 0 Å². The Hall–Kier alpha value is -1.81. The van der Waals surface area contributed by atoms with E-state index < -0.39 is 0 Å². The van der Waals surface area contributed by atoms with Crippen LogP contribution in [-0.2, 0) is 0 Å². The number of aryl methyl sites for hydroxylation is 1. The van der Waals surface area contributed by atoms with Crippen LogP contribution in [0.25, 0.3) is 0 Å². The van der Waals surface area contributed by atoms with Crippen LogP contribution in [0, 0.1) is 6.92 Å². The molecular formula is C13H17FN2O. The van der Waals surface area contributed by atoms with E-state index in [0.717, 1.165) is 11.3 Å². The second-order valence-electron chi connectivity index (χ2n) is 3.63. The van der Waals surface area contributed by atoms with Crippen molar-refractivity contribution in [2.75, 3.05) is 5.43 Å². The number of nitrogens with one attached hydrogen (secondary N) is 1. The van der Waals surface area contributed by atoms with Gasteiger partial charge in [-0.2, -0.15) is 0 Å². The monoisotopic (exact) mass is 236 g/mol. The van der Waals surface area contributed by atoms with Crippen molar-refractivity contribution in [1.29, 1.82) is 0 Å². The molecule has 0 spiro atoms. The average Bonchev–Trinajstić information content (AvgIpc) is 2.29.